The van der Waals surface area contributed by atoms with Gasteiger partial charge in [-0.05, 0) is 81.6 Å². The molecule has 2 aromatic rings. The van der Waals surface area contributed by atoms with Crippen LogP contribution in [-0.4, -0.2) is 0 Å². The fraction of sp³-hybridized carbons (Fsp3) is 0. The molecule has 0 saturated carbocycles. The predicted molar refractivity (Wildman–Crippen MR) is 82.5 cm³/mol. The molecule has 80 valence electrons. The third-order valence-electron chi connectivity index (χ3n) is 1.95. The van der Waals surface area contributed by atoms with Crippen molar-refractivity contribution < 1.29 is 0 Å². The van der Waals surface area contributed by atoms with Gasteiger partial charge in [-0.25, -0.2) is 0 Å². The average Bonchev–Trinajstić information content (AvgIpc) is 2.30. The molecule has 0 aliphatic rings. The van der Waals surface area contributed by atoms with E-state index in [4.69, 9.17) is 0 Å². The molecule has 2 rings (SSSR count). The Morgan fingerprint density at radius 2 is 1.44 bits per heavy atom. The molecule has 2 aromatic carbocycles. The van der Waals surface area contributed by atoms with Gasteiger partial charge in [-0.3, -0.25) is 0 Å². The molecular weight excluding hydrogens is 426 g/mol. The molecule has 0 spiro atoms. The summed E-state index contributed by atoms with van der Waals surface area (Å²) in [7, 11) is 0. The monoisotopic (exact) mass is 434 g/mol. The van der Waals surface area contributed by atoms with E-state index in [1.807, 2.05) is 48.5 Å². The van der Waals surface area contributed by atoms with Crippen LogP contribution in [0.5, 0.6) is 0 Å². The first-order valence-electron chi connectivity index (χ1n) is 4.67. The molecule has 4 heteroatoms. The average molecular weight is 434 g/mol. The highest BCUT2D eigenvalue weighted by Gasteiger charge is 1.95. The first-order valence-corrected chi connectivity index (χ1v) is 6.83. The van der Waals surface area contributed by atoms with Crippen molar-refractivity contribution in [1.29, 1.82) is 0 Å². The van der Waals surface area contributed by atoms with Gasteiger partial charge in [0.25, 0.3) is 0 Å². The third kappa shape index (κ3) is 3.24. The van der Waals surface area contributed by atoms with E-state index in [1.54, 1.807) is 0 Å². The summed E-state index contributed by atoms with van der Waals surface area (Å²) >= 11 is 4.52. The normalized spacial score (nSPS) is 10.9. The van der Waals surface area contributed by atoms with Crippen molar-refractivity contribution >= 4 is 56.6 Å². The van der Waals surface area contributed by atoms with E-state index < -0.39 is 0 Å². The fourth-order valence-electron chi connectivity index (χ4n) is 1.15. The zero-order valence-electron chi connectivity index (χ0n) is 8.27. The first-order chi connectivity index (χ1) is 7.75. The van der Waals surface area contributed by atoms with E-state index in [0.29, 0.717) is 0 Å². The Labute approximate surface area is 121 Å². The SMILES string of the molecule is Ic1ccc(N=Nc2ccccc2I)cc1. The Hall–Kier alpha value is -0.500. The van der Waals surface area contributed by atoms with Crippen LogP contribution in [-0.2, 0) is 0 Å². The second kappa shape index (κ2) is 5.72. The number of halogens is 2. The summed E-state index contributed by atoms with van der Waals surface area (Å²) in [6.07, 6.45) is 0. The maximum Gasteiger partial charge on any atom is 0.0990 e. The highest BCUT2D eigenvalue weighted by Crippen LogP contribution is 2.23. The Morgan fingerprint density at radius 1 is 0.750 bits per heavy atom. The number of hydrogen-bond donors (Lipinski definition) is 0. The highest BCUT2D eigenvalue weighted by molar-refractivity contribution is 14.1. The maximum absolute atomic E-state index is 4.22. The zero-order chi connectivity index (χ0) is 11.4. The van der Waals surface area contributed by atoms with Gasteiger partial charge in [-0.1, -0.05) is 12.1 Å². The van der Waals surface area contributed by atoms with Crippen molar-refractivity contribution in [3.05, 3.63) is 55.7 Å². The van der Waals surface area contributed by atoms with Gasteiger partial charge in [-0.15, -0.1) is 5.11 Å². The molecule has 0 unspecified atom stereocenters. The highest BCUT2D eigenvalue weighted by atomic mass is 127. The van der Waals surface area contributed by atoms with E-state index >= 15 is 0 Å². The Kier molecular flexibility index (Phi) is 4.28. The lowest BCUT2D eigenvalue weighted by atomic mass is 10.3. The Bertz CT molecular complexity index is 507. The molecule has 0 aromatic heterocycles. The lowest BCUT2D eigenvalue weighted by Crippen LogP contribution is -1.71. The van der Waals surface area contributed by atoms with Gasteiger partial charge < -0.3 is 0 Å². The van der Waals surface area contributed by atoms with Gasteiger partial charge >= 0.3 is 0 Å². The van der Waals surface area contributed by atoms with Gasteiger partial charge in [0, 0.05) is 7.14 Å². The second-order valence-electron chi connectivity index (χ2n) is 3.13. The number of benzene rings is 2. The molecule has 0 aliphatic heterocycles. The molecule has 2 nitrogen and oxygen atoms in total. The number of rotatable bonds is 2. The minimum Gasteiger partial charge on any atom is -0.151 e. The summed E-state index contributed by atoms with van der Waals surface area (Å²) in [5.74, 6) is 0. The number of hydrogen-bond acceptors (Lipinski definition) is 2. The summed E-state index contributed by atoms with van der Waals surface area (Å²) in [5.41, 5.74) is 1.78. The maximum atomic E-state index is 4.22. The molecule has 16 heavy (non-hydrogen) atoms. The largest absolute Gasteiger partial charge is 0.151 e. The van der Waals surface area contributed by atoms with Crippen molar-refractivity contribution in [2.75, 3.05) is 0 Å². The van der Waals surface area contributed by atoms with Crippen LogP contribution in [0, 0.1) is 7.14 Å². The summed E-state index contributed by atoms with van der Waals surface area (Å²) in [6.45, 7) is 0. The van der Waals surface area contributed by atoms with Gasteiger partial charge in [-0.2, -0.15) is 5.11 Å². The van der Waals surface area contributed by atoms with Gasteiger partial charge in [0.05, 0.1) is 11.4 Å². The van der Waals surface area contributed by atoms with Crippen molar-refractivity contribution in [3.8, 4) is 0 Å². The number of azo groups is 1. The quantitative estimate of drug-likeness (QED) is 0.453. The second-order valence-corrected chi connectivity index (χ2v) is 5.54. The molecule has 0 radical (unpaired) electrons. The van der Waals surface area contributed by atoms with E-state index in [9.17, 15) is 0 Å². The molecular formula is C12H8I2N2. The minimum atomic E-state index is 0.875. The Balaban J connectivity index is 2.21. The van der Waals surface area contributed by atoms with Gasteiger partial charge in [0.2, 0.25) is 0 Å². The van der Waals surface area contributed by atoms with Gasteiger partial charge in [0.15, 0.2) is 0 Å². The van der Waals surface area contributed by atoms with Crippen LogP contribution in [0.3, 0.4) is 0 Å². The molecule has 0 saturated heterocycles. The molecule has 0 heterocycles. The smallest absolute Gasteiger partial charge is 0.0990 e. The van der Waals surface area contributed by atoms with Crippen LogP contribution in [0.4, 0.5) is 11.4 Å². The third-order valence-corrected chi connectivity index (χ3v) is 3.58. The van der Waals surface area contributed by atoms with E-state index in [-0.39, 0.29) is 0 Å². The van der Waals surface area contributed by atoms with Crippen LogP contribution >= 0.6 is 45.2 Å². The van der Waals surface area contributed by atoms with Crippen LogP contribution < -0.4 is 0 Å². The van der Waals surface area contributed by atoms with Gasteiger partial charge in [0.1, 0.15) is 0 Å². The molecule has 0 N–H and O–H groups in total. The first kappa shape index (κ1) is 12.0. The molecule has 0 bridgehead atoms. The number of nitrogens with zero attached hydrogens (tertiary/aromatic N) is 2. The molecule has 0 amide bonds. The van der Waals surface area contributed by atoms with Crippen molar-refractivity contribution in [2.24, 2.45) is 10.2 Å². The molecule has 0 aliphatic carbocycles. The minimum absolute atomic E-state index is 0.875. The lowest BCUT2D eigenvalue weighted by Gasteiger charge is -1.96. The Morgan fingerprint density at radius 3 is 2.12 bits per heavy atom. The van der Waals surface area contributed by atoms with Crippen LogP contribution in [0.25, 0.3) is 0 Å². The standard InChI is InChI=1S/C12H8I2N2/c13-9-5-7-10(8-6-9)15-16-12-4-2-1-3-11(12)14/h1-8H. The zero-order valence-corrected chi connectivity index (χ0v) is 12.6. The van der Waals surface area contributed by atoms with E-state index in [1.165, 1.54) is 3.57 Å². The van der Waals surface area contributed by atoms with Crippen LogP contribution in [0.15, 0.2) is 58.8 Å². The fourth-order valence-corrected chi connectivity index (χ4v) is 2.01. The molecule has 0 fully saturated rings. The predicted octanol–water partition coefficient (Wildman–Crippen LogP) is 5.31. The van der Waals surface area contributed by atoms with E-state index in [2.05, 4.69) is 55.4 Å². The lowest BCUT2D eigenvalue weighted by molar-refractivity contribution is 1.22. The van der Waals surface area contributed by atoms with Crippen molar-refractivity contribution in [1.82, 2.24) is 0 Å². The summed E-state index contributed by atoms with van der Waals surface area (Å²) in [6, 6.07) is 15.9. The molecule has 0 atom stereocenters. The van der Waals surface area contributed by atoms with Crippen LogP contribution in [0.2, 0.25) is 0 Å². The summed E-state index contributed by atoms with van der Waals surface area (Å²) in [4.78, 5) is 0. The topological polar surface area (TPSA) is 24.7 Å². The van der Waals surface area contributed by atoms with Crippen molar-refractivity contribution in [2.45, 2.75) is 0 Å². The summed E-state index contributed by atoms with van der Waals surface area (Å²) in [5, 5.41) is 8.42. The van der Waals surface area contributed by atoms with Crippen LogP contribution in [0.1, 0.15) is 0 Å². The summed E-state index contributed by atoms with van der Waals surface area (Å²) < 4.78 is 2.31. The van der Waals surface area contributed by atoms with E-state index in [0.717, 1.165) is 14.9 Å². The van der Waals surface area contributed by atoms with Crippen molar-refractivity contribution in [3.63, 3.8) is 0 Å².